The zero-order valence-electron chi connectivity index (χ0n) is 10.4. The molecule has 6 nitrogen and oxygen atoms in total. The molecular weight excluding hydrogens is 234 g/mol. The highest BCUT2D eigenvalue weighted by Gasteiger charge is 2.57. The first-order chi connectivity index (χ1) is 8.41. The second kappa shape index (κ2) is 4.37. The molecule has 4 atom stereocenters. The number of primary amides is 1. The normalized spacial score (nSPS) is 34.8. The molecule has 0 saturated carbocycles. The molecule has 0 radical (unpaired) electrons. The predicted octanol–water partition coefficient (Wildman–Crippen LogP) is -1.26. The first-order valence-corrected chi connectivity index (χ1v) is 6.08. The van der Waals surface area contributed by atoms with Crippen molar-refractivity contribution in [1.82, 2.24) is 10.2 Å². The Balaban J connectivity index is 2.16. The average molecular weight is 253 g/mol. The van der Waals surface area contributed by atoms with Crippen LogP contribution in [0.5, 0.6) is 0 Å². The van der Waals surface area contributed by atoms with Crippen molar-refractivity contribution in [3.05, 3.63) is 12.7 Å². The molecule has 2 fully saturated rings. The molecule has 2 amide bonds. The van der Waals surface area contributed by atoms with Crippen LogP contribution >= 0.6 is 0 Å². The average Bonchev–Trinajstić information content (AvgIpc) is 2.61. The molecule has 100 valence electrons. The first-order valence-electron chi connectivity index (χ1n) is 6.08. The number of amides is 2. The zero-order valence-corrected chi connectivity index (χ0v) is 10.4. The molecule has 0 bridgehead atoms. The number of nitrogens with two attached hydrogens (primary N) is 1. The van der Waals surface area contributed by atoms with Crippen molar-refractivity contribution < 1.29 is 14.7 Å². The molecule has 0 aromatic carbocycles. The number of likely N-dealkylation sites (tertiary alicyclic amines) is 1. The number of hydrogen-bond acceptors (Lipinski definition) is 4. The van der Waals surface area contributed by atoms with Crippen molar-refractivity contribution in [2.45, 2.75) is 43.5 Å². The SMILES string of the molecule is C=CC1N([C@H](C(N)=O)[C@@H](C)O)CC12CCC(=O)N2. The number of hydrogen-bond donors (Lipinski definition) is 3. The largest absolute Gasteiger partial charge is 0.391 e. The number of carbonyl (C=O) groups excluding carboxylic acids is 2. The van der Waals surface area contributed by atoms with E-state index in [2.05, 4.69) is 11.9 Å². The molecule has 2 rings (SSSR count). The van der Waals surface area contributed by atoms with Crippen LogP contribution in [-0.2, 0) is 9.59 Å². The lowest BCUT2D eigenvalue weighted by atomic mass is 9.77. The quantitative estimate of drug-likeness (QED) is 0.545. The molecule has 2 aliphatic rings. The summed E-state index contributed by atoms with van der Waals surface area (Å²) in [6.07, 6.45) is 2.07. The summed E-state index contributed by atoms with van der Waals surface area (Å²) in [6, 6.07) is -0.896. The van der Waals surface area contributed by atoms with E-state index in [9.17, 15) is 14.7 Å². The van der Waals surface area contributed by atoms with Gasteiger partial charge < -0.3 is 16.2 Å². The van der Waals surface area contributed by atoms with Gasteiger partial charge in [0.1, 0.15) is 6.04 Å². The highest BCUT2D eigenvalue weighted by atomic mass is 16.3. The Morgan fingerprint density at radius 2 is 2.44 bits per heavy atom. The van der Waals surface area contributed by atoms with Crippen molar-refractivity contribution in [1.29, 1.82) is 0 Å². The highest BCUT2D eigenvalue weighted by Crippen LogP contribution is 2.39. The van der Waals surface area contributed by atoms with Crippen molar-refractivity contribution in [3.63, 3.8) is 0 Å². The number of aliphatic hydroxyl groups excluding tert-OH is 1. The fourth-order valence-electron chi connectivity index (χ4n) is 3.11. The molecular formula is C12H19N3O3. The molecule has 4 N–H and O–H groups in total. The van der Waals surface area contributed by atoms with Crippen LogP contribution in [0.4, 0.5) is 0 Å². The zero-order chi connectivity index (χ0) is 13.5. The molecule has 0 aliphatic carbocycles. The molecule has 1 spiro atoms. The summed E-state index contributed by atoms with van der Waals surface area (Å²) in [5.74, 6) is -0.537. The van der Waals surface area contributed by atoms with Crippen LogP contribution in [0.2, 0.25) is 0 Å². The monoisotopic (exact) mass is 253 g/mol. The van der Waals surface area contributed by atoms with E-state index in [4.69, 9.17) is 5.73 Å². The summed E-state index contributed by atoms with van der Waals surface area (Å²) in [7, 11) is 0. The third-order valence-corrected chi connectivity index (χ3v) is 3.90. The van der Waals surface area contributed by atoms with Gasteiger partial charge in [0.15, 0.2) is 0 Å². The van der Waals surface area contributed by atoms with E-state index in [1.807, 2.05) is 0 Å². The molecule has 0 aromatic heterocycles. The summed E-state index contributed by atoms with van der Waals surface area (Å²) in [5.41, 5.74) is 4.99. The van der Waals surface area contributed by atoms with E-state index in [0.717, 1.165) is 6.42 Å². The summed E-state index contributed by atoms with van der Waals surface area (Å²) >= 11 is 0. The molecule has 2 saturated heterocycles. The number of nitrogens with one attached hydrogen (secondary N) is 1. The second-order valence-corrected chi connectivity index (χ2v) is 5.14. The van der Waals surface area contributed by atoms with Crippen LogP contribution < -0.4 is 11.1 Å². The standard InChI is InChI=1S/C12H19N3O3/c1-3-8-12(5-4-9(17)14-12)6-15(8)10(7(2)16)11(13)18/h3,7-8,10,16H,1,4-6H2,2H3,(H2,13,18)(H,14,17)/t7-,8?,10+,12?/m1/s1. The lowest BCUT2D eigenvalue weighted by Crippen LogP contribution is -2.77. The Labute approximate surface area is 106 Å². The minimum Gasteiger partial charge on any atom is -0.391 e. The van der Waals surface area contributed by atoms with Crippen LogP contribution in [0.15, 0.2) is 12.7 Å². The van der Waals surface area contributed by atoms with E-state index in [-0.39, 0.29) is 17.5 Å². The van der Waals surface area contributed by atoms with E-state index in [0.29, 0.717) is 13.0 Å². The van der Waals surface area contributed by atoms with Crippen LogP contribution in [-0.4, -0.2) is 52.1 Å². The van der Waals surface area contributed by atoms with Gasteiger partial charge in [-0.3, -0.25) is 14.5 Å². The van der Waals surface area contributed by atoms with Crippen molar-refractivity contribution in [2.75, 3.05) is 6.54 Å². The molecule has 6 heteroatoms. The third kappa shape index (κ3) is 1.81. The van der Waals surface area contributed by atoms with Gasteiger partial charge in [-0.15, -0.1) is 6.58 Å². The fraction of sp³-hybridized carbons (Fsp3) is 0.667. The van der Waals surface area contributed by atoms with Gasteiger partial charge in [-0.05, 0) is 13.3 Å². The van der Waals surface area contributed by atoms with Gasteiger partial charge in [0.05, 0.1) is 17.7 Å². The number of nitrogens with zero attached hydrogens (tertiary/aromatic N) is 1. The Bertz CT molecular complexity index is 396. The van der Waals surface area contributed by atoms with Crippen LogP contribution in [0, 0.1) is 0 Å². The van der Waals surface area contributed by atoms with Crippen LogP contribution in [0.1, 0.15) is 19.8 Å². The maximum Gasteiger partial charge on any atom is 0.237 e. The van der Waals surface area contributed by atoms with Crippen molar-refractivity contribution in [2.24, 2.45) is 5.73 Å². The second-order valence-electron chi connectivity index (χ2n) is 5.14. The van der Waals surface area contributed by atoms with Crippen molar-refractivity contribution in [3.8, 4) is 0 Å². The number of carbonyl (C=O) groups is 2. The van der Waals surface area contributed by atoms with Crippen molar-refractivity contribution >= 4 is 11.8 Å². The molecule has 2 heterocycles. The van der Waals surface area contributed by atoms with Gasteiger partial charge >= 0.3 is 0 Å². The topological polar surface area (TPSA) is 95.7 Å². The van der Waals surface area contributed by atoms with E-state index < -0.39 is 18.1 Å². The van der Waals surface area contributed by atoms with Gasteiger partial charge in [-0.25, -0.2) is 0 Å². The van der Waals surface area contributed by atoms with Gasteiger partial charge in [-0.1, -0.05) is 6.08 Å². The van der Waals surface area contributed by atoms with Gasteiger partial charge in [0, 0.05) is 13.0 Å². The first kappa shape index (κ1) is 13.0. The Morgan fingerprint density at radius 3 is 2.83 bits per heavy atom. The maximum atomic E-state index is 11.4. The molecule has 0 aromatic rings. The summed E-state index contributed by atoms with van der Waals surface area (Å²) < 4.78 is 0. The lowest BCUT2D eigenvalue weighted by molar-refractivity contribution is -0.137. The van der Waals surface area contributed by atoms with Gasteiger partial charge in [0.2, 0.25) is 11.8 Å². The Kier molecular flexibility index (Phi) is 3.16. The highest BCUT2D eigenvalue weighted by molar-refractivity contribution is 5.82. The van der Waals surface area contributed by atoms with E-state index >= 15 is 0 Å². The number of rotatable bonds is 4. The van der Waals surface area contributed by atoms with Gasteiger partial charge in [-0.2, -0.15) is 0 Å². The molecule has 2 aliphatic heterocycles. The molecule has 18 heavy (non-hydrogen) atoms. The third-order valence-electron chi connectivity index (χ3n) is 3.90. The van der Waals surface area contributed by atoms with E-state index in [1.165, 1.54) is 6.92 Å². The Morgan fingerprint density at radius 1 is 1.78 bits per heavy atom. The minimum absolute atomic E-state index is 0.0224. The fourth-order valence-corrected chi connectivity index (χ4v) is 3.11. The lowest BCUT2D eigenvalue weighted by Gasteiger charge is -2.57. The smallest absolute Gasteiger partial charge is 0.237 e. The summed E-state index contributed by atoms with van der Waals surface area (Å²) in [6.45, 7) is 5.81. The van der Waals surface area contributed by atoms with E-state index in [1.54, 1.807) is 11.0 Å². The van der Waals surface area contributed by atoms with Crippen LogP contribution in [0.25, 0.3) is 0 Å². The minimum atomic E-state index is -0.848. The van der Waals surface area contributed by atoms with Gasteiger partial charge in [0.25, 0.3) is 0 Å². The Hall–Kier alpha value is -1.40. The molecule has 2 unspecified atom stereocenters. The van der Waals surface area contributed by atoms with Crippen LogP contribution in [0.3, 0.4) is 0 Å². The maximum absolute atomic E-state index is 11.4. The predicted molar refractivity (Wildman–Crippen MR) is 65.5 cm³/mol. The summed E-state index contributed by atoms with van der Waals surface area (Å²) in [4.78, 5) is 24.6. The summed E-state index contributed by atoms with van der Waals surface area (Å²) in [5, 5.41) is 12.6. The number of aliphatic hydroxyl groups is 1.